The predicted molar refractivity (Wildman–Crippen MR) is 104 cm³/mol. The van der Waals surface area contributed by atoms with Crippen LogP contribution >= 0.6 is 11.6 Å². The molecule has 2 rings (SSSR count). The number of halogens is 1. The highest BCUT2D eigenvalue weighted by Crippen LogP contribution is 2.23. The smallest absolute Gasteiger partial charge is 0.322 e. The Kier molecular flexibility index (Phi) is 7.00. The summed E-state index contributed by atoms with van der Waals surface area (Å²) in [5, 5.41) is 6.15. The highest BCUT2D eigenvalue weighted by Gasteiger charge is 2.17. The van der Waals surface area contributed by atoms with Crippen LogP contribution in [0, 0.1) is 0 Å². The maximum Gasteiger partial charge on any atom is 0.322 e. The van der Waals surface area contributed by atoms with E-state index in [9.17, 15) is 9.59 Å². The van der Waals surface area contributed by atoms with Gasteiger partial charge in [0.15, 0.2) is 0 Å². The second-order valence-corrected chi connectivity index (χ2v) is 6.27. The van der Waals surface area contributed by atoms with Crippen LogP contribution in [-0.4, -0.2) is 37.6 Å². The zero-order valence-electron chi connectivity index (χ0n) is 15.0. The quantitative estimate of drug-likeness (QED) is 0.796. The zero-order valence-corrected chi connectivity index (χ0v) is 15.7. The van der Waals surface area contributed by atoms with Gasteiger partial charge in [0.25, 0.3) is 0 Å². The Morgan fingerprint density at radius 1 is 1.12 bits per heavy atom. The molecule has 1 atom stereocenters. The fraction of sp³-hybridized carbons (Fsp3) is 0.263. The van der Waals surface area contributed by atoms with E-state index < -0.39 is 0 Å². The third-order valence-electron chi connectivity index (χ3n) is 3.93. The van der Waals surface area contributed by atoms with Crippen molar-refractivity contribution in [3.8, 4) is 0 Å². The van der Waals surface area contributed by atoms with E-state index in [1.54, 1.807) is 42.3 Å². The Labute approximate surface area is 158 Å². The summed E-state index contributed by atoms with van der Waals surface area (Å²) in [6.07, 6.45) is 0. The molecule has 0 heterocycles. The van der Waals surface area contributed by atoms with E-state index in [0.717, 1.165) is 5.56 Å². The molecule has 0 unspecified atom stereocenters. The number of nitrogens with one attached hydrogen (secondary N) is 2. The summed E-state index contributed by atoms with van der Waals surface area (Å²) < 4.78 is 4.76. The summed E-state index contributed by atoms with van der Waals surface area (Å²) in [5.41, 5.74) is 2.21. The second-order valence-electron chi connectivity index (χ2n) is 5.83. The summed E-state index contributed by atoms with van der Waals surface area (Å²) in [5.74, 6) is -0.237. The molecule has 6 nitrogen and oxygen atoms in total. The maximum atomic E-state index is 12.5. The Balaban J connectivity index is 1.97. The van der Waals surface area contributed by atoms with Crippen LogP contribution in [0.3, 0.4) is 0 Å². The Morgan fingerprint density at radius 2 is 1.73 bits per heavy atom. The molecule has 0 aliphatic rings. The number of rotatable bonds is 6. The summed E-state index contributed by atoms with van der Waals surface area (Å²) in [6.45, 7) is 1.92. The minimum atomic E-state index is -0.242. The first-order chi connectivity index (χ1) is 12.4. The van der Waals surface area contributed by atoms with Gasteiger partial charge in [0.2, 0.25) is 5.91 Å². The first-order valence-corrected chi connectivity index (χ1v) is 8.46. The summed E-state index contributed by atoms with van der Waals surface area (Å²) in [7, 11) is 3.18. The summed E-state index contributed by atoms with van der Waals surface area (Å²) >= 11 is 6.02. The van der Waals surface area contributed by atoms with Crippen LogP contribution in [0.2, 0.25) is 5.02 Å². The van der Waals surface area contributed by atoms with Crippen molar-refractivity contribution in [2.24, 2.45) is 0 Å². The van der Waals surface area contributed by atoms with Crippen molar-refractivity contribution in [2.75, 3.05) is 31.4 Å². The number of hydrogen-bond donors (Lipinski definition) is 2. The van der Waals surface area contributed by atoms with Gasteiger partial charge < -0.3 is 20.3 Å². The van der Waals surface area contributed by atoms with Crippen LogP contribution < -0.4 is 10.6 Å². The number of benzene rings is 2. The molecule has 138 valence electrons. The number of nitrogens with zero attached hydrogens (tertiary/aromatic N) is 1. The molecule has 26 heavy (non-hydrogen) atoms. The van der Waals surface area contributed by atoms with Gasteiger partial charge in [-0.25, -0.2) is 4.79 Å². The zero-order chi connectivity index (χ0) is 19.1. The van der Waals surface area contributed by atoms with E-state index in [4.69, 9.17) is 16.3 Å². The summed E-state index contributed by atoms with van der Waals surface area (Å²) in [6, 6.07) is 13.9. The van der Waals surface area contributed by atoms with Gasteiger partial charge in [-0.2, -0.15) is 0 Å². The van der Waals surface area contributed by atoms with Crippen LogP contribution in [0.15, 0.2) is 48.5 Å². The van der Waals surface area contributed by atoms with Gasteiger partial charge in [-0.3, -0.25) is 4.79 Å². The predicted octanol–water partition coefficient (Wildman–Crippen LogP) is 4.15. The highest BCUT2D eigenvalue weighted by atomic mass is 35.5. The molecule has 3 amide bonds. The van der Waals surface area contributed by atoms with Crippen molar-refractivity contribution < 1.29 is 14.3 Å². The van der Waals surface area contributed by atoms with Gasteiger partial charge in [-0.05, 0) is 48.9 Å². The monoisotopic (exact) mass is 375 g/mol. The van der Waals surface area contributed by atoms with Crippen molar-refractivity contribution in [3.05, 3.63) is 59.1 Å². The van der Waals surface area contributed by atoms with Crippen molar-refractivity contribution in [3.63, 3.8) is 0 Å². The van der Waals surface area contributed by atoms with Gasteiger partial charge >= 0.3 is 6.03 Å². The molecule has 2 aromatic rings. The van der Waals surface area contributed by atoms with Crippen molar-refractivity contribution in [1.29, 1.82) is 0 Å². The standard InChI is InChI=1S/C19H22ClN3O3/c1-13(14-5-4-6-15(20)11-14)23(2)19(25)22-17-9-7-16(8-10-17)21-18(24)12-26-3/h4-11,13H,12H2,1-3H3,(H,21,24)(H,22,25)/t13-/m1/s1. The van der Waals surface area contributed by atoms with E-state index in [1.807, 2.05) is 25.1 Å². The first-order valence-electron chi connectivity index (χ1n) is 8.09. The van der Waals surface area contributed by atoms with Crippen LogP contribution in [0.1, 0.15) is 18.5 Å². The molecule has 0 aromatic heterocycles. The van der Waals surface area contributed by atoms with Crippen LogP contribution in [0.25, 0.3) is 0 Å². The van der Waals surface area contributed by atoms with Crippen LogP contribution in [0.4, 0.5) is 16.2 Å². The number of carbonyl (C=O) groups is 2. The SMILES string of the molecule is COCC(=O)Nc1ccc(NC(=O)N(C)[C@H](C)c2cccc(Cl)c2)cc1. The number of hydrogen-bond acceptors (Lipinski definition) is 3. The number of urea groups is 1. The van der Waals surface area contributed by atoms with Gasteiger partial charge in [0.05, 0.1) is 6.04 Å². The summed E-state index contributed by atoms with van der Waals surface area (Å²) in [4.78, 5) is 25.5. The molecule has 0 aliphatic carbocycles. The molecule has 0 bridgehead atoms. The molecule has 0 spiro atoms. The number of amides is 3. The molecule has 2 N–H and O–H groups in total. The molecular formula is C19H22ClN3O3. The van der Waals surface area contributed by atoms with Gasteiger partial charge in [0.1, 0.15) is 6.61 Å². The molecule has 7 heteroatoms. The van der Waals surface area contributed by atoms with Gasteiger partial charge in [-0.15, -0.1) is 0 Å². The number of methoxy groups -OCH3 is 1. The van der Waals surface area contributed by atoms with E-state index >= 15 is 0 Å². The lowest BCUT2D eigenvalue weighted by atomic mass is 10.1. The van der Waals surface area contributed by atoms with Crippen molar-refractivity contribution in [2.45, 2.75) is 13.0 Å². The molecular weight excluding hydrogens is 354 g/mol. The topological polar surface area (TPSA) is 70.7 Å². The minimum Gasteiger partial charge on any atom is -0.375 e. The third kappa shape index (κ3) is 5.47. The van der Waals surface area contributed by atoms with E-state index in [2.05, 4.69) is 10.6 Å². The molecule has 0 saturated heterocycles. The van der Waals surface area contributed by atoms with E-state index in [0.29, 0.717) is 16.4 Å². The lowest BCUT2D eigenvalue weighted by Gasteiger charge is -2.25. The van der Waals surface area contributed by atoms with Crippen LogP contribution in [0.5, 0.6) is 0 Å². The second kappa shape index (κ2) is 9.22. The lowest BCUT2D eigenvalue weighted by molar-refractivity contribution is -0.119. The van der Waals surface area contributed by atoms with Gasteiger partial charge in [0, 0.05) is 30.6 Å². The Morgan fingerprint density at radius 3 is 2.31 bits per heavy atom. The third-order valence-corrected chi connectivity index (χ3v) is 4.16. The fourth-order valence-corrected chi connectivity index (χ4v) is 2.54. The van der Waals surface area contributed by atoms with Crippen molar-refractivity contribution >= 4 is 34.9 Å². The fourth-order valence-electron chi connectivity index (χ4n) is 2.34. The average Bonchev–Trinajstić information content (AvgIpc) is 2.62. The van der Waals surface area contributed by atoms with E-state index in [1.165, 1.54) is 7.11 Å². The first kappa shape index (κ1) is 19.8. The average molecular weight is 376 g/mol. The molecule has 0 fully saturated rings. The van der Waals surface area contributed by atoms with Crippen molar-refractivity contribution in [1.82, 2.24) is 4.90 Å². The Bertz CT molecular complexity index is 765. The molecule has 0 aliphatic heterocycles. The van der Waals surface area contributed by atoms with Crippen LogP contribution in [-0.2, 0) is 9.53 Å². The largest absolute Gasteiger partial charge is 0.375 e. The molecule has 0 radical (unpaired) electrons. The number of anilines is 2. The minimum absolute atomic E-state index is 0.00925. The number of ether oxygens (including phenoxy) is 1. The normalized spacial score (nSPS) is 11.5. The van der Waals surface area contributed by atoms with E-state index in [-0.39, 0.29) is 24.6 Å². The molecule has 0 saturated carbocycles. The number of carbonyl (C=O) groups excluding carboxylic acids is 2. The lowest BCUT2D eigenvalue weighted by Crippen LogP contribution is -2.33. The van der Waals surface area contributed by atoms with Gasteiger partial charge in [-0.1, -0.05) is 23.7 Å². The molecule has 2 aromatic carbocycles. The Hall–Kier alpha value is -2.57. The highest BCUT2D eigenvalue weighted by molar-refractivity contribution is 6.30. The maximum absolute atomic E-state index is 12.5.